The summed E-state index contributed by atoms with van der Waals surface area (Å²) in [7, 11) is 0. The molecule has 0 radical (unpaired) electrons. The molecule has 7 nitrogen and oxygen atoms in total. The fraction of sp³-hybridized carbons (Fsp3) is 0.600. The van der Waals surface area contributed by atoms with Gasteiger partial charge in [0.15, 0.2) is 0 Å². The van der Waals surface area contributed by atoms with Crippen LogP contribution in [-0.2, 0) is 9.47 Å². The Morgan fingerprint density at radius 1 is 1.37 bits per heavy atom. The van der Waals surface area contributed by atoms with Gasteiger partial charge in [-0.2, -0.15) is 0 Å². The highest BCUT2D eigenvalue weighted by Gasteiger charge is 2.59. The predicted octanol–water partition coefficient (Wildman–Crippen LogP) is 3.18. The number of nitrogens with zero attached hydrogens (tertiary/aromatic N) is 2. The number of carbonyl (C=O) groups excluding carboxylic acids is 1. The first kappa shape index (κ1) is 18.1. The molecule has 2 saturated heterocycles. The summed E-state index contributed by atoms with van der Waals surface area (Å²) in [6.45, 7) is 7.40. The van der Waals surface area contributed by atoms with E-state index in [9.17, 15) is 4.79 Å². The number of aromatic nitrogens is 2. The Labute approximate surface area is 159 Å². The van der Waals surface area contributed by atoms with Crippen LogP contribution in [0.25, 0.3) is 5.65 Å². The molecule has 1 N–H and O–H groups in total. The molecule has 1 aliphatic carbocycles. The molecule has 146 valence electrons. The van der Waals surface area contributed by atoms with Gasteiger partial charge in [-0.05, 0) is 52.2 Å². The van der Waals surface area contributed by atoms with Gasteiger partial charge >= 0.3 is 6.09 Å². The lowest BCUT2D eigenvalue weighted by Gasteiger charge is -2.59. The van der Waals surface area contributed by atoms with E-state index in [2.05, 4.69) is 10.3 Å². The zero-order chi connectivity index (χ0) is 19.1. The number of hydrogen-bond donors (Lipinski definition) is 1. The van der Waals surface area contributed by atoms with E-state index in [1.165, 1.54) is 0 Å². The van der Waals surface area contributed by atoms with Crippen LogP contribution in [0.5, 0.6) is 5.75 Å². The van der Waals surface area contributed by atoms with E-state index in [-0.39, 0.29) is 11.0 Å². The van der Waals surface area contributed by atoms with Crippen LogP contribution in [-0.4, -0.2) is 46.4 Å². The average molecular weight is 373 g/mol. The Morgan fingerprint density at radius 2 is 2.19 bits per heavy atom. The number of carbonyl (C=O) groups is 1. The van der Waals surface area contributed by atoms with Crippen molar-refractivity contribution in [3.05, 3.63) is 30.7 Å². The monoisotopic (exact) mass is 373 g/mol. The summed E-state index contributed by atoms with van der Waals surface area (Å²) in [4.78, 5) is 16.2. The number of amides is 1. The smallest absolute Gasteiger partial charge is 0.407 e. The molecule has 7 heteroatoms. The van der Waals surface area contributed by atoms with Gasteiger partial charge in [-0.25, -0.2) is 9.78 Å². The van der Waals surface area contributed by atoms with Gasteiger partial charge in [-0.15, -0.1) is 0 Å². The molecular weight excluding hydrogens is 346 g/mol. The SMILES string of the molecule is CC(C)(C)OC(=O)NCC12CC(COc3ccc4nccn4c3)(CCO1)C2. The summed E-state index contributed by atoms with van der Waals surface area (Å²) in [6.07, 6.45) is 8.00. The zero-order valence-corrected chi connectivity index (χ0v) is 16.2. The van der Waals surface area contributed by atoms with Gasteiger partial charge in [0.25, 0.3) is 0 Å². The molecule has 0 spiro atoms. The van der Waals surface area contributed by atoms with E-state index in [1.54, 1.807) is 6.20 Å². The van der Waals surface area contributed by atoms with Crippen molar-refractivity contribution in [1.82, 2.24) is 14.7 Å². The quantitative estimate of drug-likeness (QED) is 0.871. The number of ether oxygens (including phenoxy) is 3. The first-order chi connectivity index (χ1) is 12.8. The van der Waals surface area contributed by atoms with Crippen molar-refractivity contribution in [2.75, 3.05) is 19.8 Å². The van der Waals surface area contributed by atoms with E-state index >= 15 is 0 Å². The topological polar surface area (TPSA) is 74.1 Å². The summed E-state index contributed by atoms with van der Waals surface area (Å²) in [6, 6.07) is 3.90. The van der Waals surface area contributed by atoms with Gasteiger partial charge in [0.1, 0.15) is 17.0 Å². The highest BCUT2D eigenvalue weighted by molar-refractivity contribution is 5.67. The minimum absolute atomic E-state index is 0.123. The molecule has 2 aromatic heterocycles. The second-order valence-corrected chi connectivity index (χ2v) is 8.84. The molecule has 2 aliphatic heterocycles. The van der Waals surface area contributed by atoms with Crippen LogP contribution >= 0.6 is 0 Å². The van der Waals surface area contributed by atoms with Crippen molar-refractivity contribution in [2.45, 2.75) is 51.2 Å². The number of pyridine rings is 1. The van der Waals surface area contributed by atoms with E-state index in [1.807, 2.05) is 49.7 Å². The van der Waals surface area contributed by atoms with Crippen molar-refractivity contribution in [3.8, 4) is 5.75 Å². The van der Waals surface area contributed by atoms with Crippen LogP contribution in [0, 0.1) is 5.41 Å². The fourth-order valence-electron chi connectivity index (χ4n) is 4.20. The van der Waals surface area contributed by atoms with Gasteiger partial charge in [0.05, 0.1) is 18.4 Å². The third kappa shape index (κ3) is 3.88. The lowest BCUT2D eigenvalue weighted by molar-refractivity contribution is -0.230. The molecule has 3 fully saturated rings. The van der Waals surface area contributed by atoms with Crippen LogP contribution in [0.3, 0.4) is 0 Å². The van der Waals surface area contributed by atoms with Gasteiger partial charge in [-0.1, -0.05) is 0 Å². The first-order valence-electron chi connectivity index (χ1n) is 9.43. The molecule has 2 bridgehead atoms. The number of fused-ring (bicyclic) bond motifs is 3. The maximum atomic E-state index is 11.9. The van der Waals surface area contributed by atoms with Crippen LogP contribution in [0.15, 0.2) is 30.7 Å². The third-order valence-corrected chi connectivity index (χ3v) is 5.30. The van der Waals surface area contributed by atoms with Crippen LogP contribution in [0.4, 0.5) is 4.79 Å². The normalized spacial score (nSPS) is 27.1. The minimum Gasteiger partial charge on any atom is -0.491 e. The summed E-state index contributed by atoms with van der Waals surface area (Å²) in [5.41, 5.74) is 0.246. The van der Waals surface area contributed by atoms with Crippen molar-refractivity contribution in [2.24, 2.45) is 5.41 Å². The Bertz CT molecular complexity index is 833. The number of nitrogens with one attached hydrogen (secondary N) is 1. The lowest BCUT2D eigenvalue weighted by atomic mass is 9.56. The molecule has 0 unspecified atom stereocenters. The molecule has 4 heterocycles. The molecule has 0 atom stereocenters. The molecule has 2 aromatic rings. The van der Waals surface area contributed by atoms with Crippen molar-refractivity contribution < 1.29 is 19.0 Å². The molecule has 1 saturated carbocycles. The van der Waals surface area contributed by atoms with Crippen LogP contribution < -0.4 is 10.1 Å². The van der Waals surface area contributed by atoms with E-state index in [0.29, 0.717) is 19.8 Å². The second-order valence-electron chi connectivity index (χ2n) is 8.84. The van der Waals surface area contributed by atoms with Gasteiger partial charge < -0.3 is 23.9 Å². The highest BCUT2D eigenvalue weighted by Crippen LogP contribution is 2.56. The first-order valence-corrected chi connectivity index (χ1v) is 9.43. The summed E-state index contributed by atoms with van der Waals surface area (Å²) in [5.74, 6) is 0.839. The maximum absolute atomic E-state index is 11.9. The highest BCUT2D eigenvalue weighted by atomic mass is 16.6. The Hall–Kier alpha value is -2.28. The standard InChI is InChI=1S/C20H27N3O4/c1-18(2,3)27-17(24)22-13-20-11-19(12-20,6-9-26-20)14-25-15-4-5-16-21-7-8-23(16)10-15/h4-5,7-8,10H,6,9,11-14H2,1-3H3,(H,22,24). The number of rotatable bonds is 5. The molecule has 3 aliphatic rings. The zero-order valence-electron chi connectivity index (χ0n) is 16.2. The van der Waals surface area contributed by atoms with Gasteiger partial charge in [0, 0.05) is 31.0 Å². The van der Waals surface area contributed by atoms with Crippen LogP contribution in [0.2, 0.25) is 0 Å². The Morgan fingerprint density at radius 3 is 2.96 bits per heavy atom. The number of imidazole rings is 1. The second kappa shape index (κ2) is 6.41. The number of hydrogen-bond acceptors (Lipinski definition) is 5. The minimum atomic E-state index is -0.497. The predicted molar refractivity (Wildman–Crippen MR) is 99.9 cm³/mol. The summed E-state index contributed by atoms with van der Waals surface area (Å²) in [5, 5.41) is 2.86. The Balaban J connectivity index is 1.31. The van der Waals surface area contributed by atoms with Crippen LogP contribution in [0.1, 0.15) is 40.0 Å². The fourth-order valence-corrected chi connectivity index (χ4v) is 4.20. The molecule has 1 amide bonds. The van der Waals surface area contributed by atoms with E-state index in [4.69, 9.17) is 14.2 Å². The van der Waals surface area contributed by atoms with Gasteiger partial charge in [0.2, 0.25) is 0 Å². The summed E-state index contributed by atoms with van der Waals surface area (Å²) >= 11 is 0. The van der Waals surface area contributed by atoms with Crippen molar-refractivity contribution >= 4 is 11.7 Å². The van der Waals surface area contributed by atoms with E-state index < -0.39 is 11.7 Å². The van der Waals surface area contributed by atoms with Crippen molar-refractivity contribution in [3.63, 3.8) is 0 Å². The molecule has 0 aromatic carbocycles. The summed E-state index contributed by atoms with van der Waals surface area (Å²) < 4.78 is 19.3. The Kier molecular flexibility index (Phi) is 4.29. The van der Waals surface area contributed by atoms with Gasteiger partial charge in [-0.3, -0.25) is 0 Å². The maximum Gasteiger partial charge on any atom is 0.407 e. The van der Waals surface area contributed by atoms with E-state index in [0.717, 1.165) is 30.7 Å². The molecule has 5 rings (SSSR count). The number of alkyl carbamates (subject to hydrolysis) is 1. The van der Waals surface area contributed by atoms with Crippen molar-refractivity contribution in [1.29, 1.82) is 0 Å². The largest absolute Gasteiger partial charge is 0.491 e. The third-order valence-electron chi connectivity index (χ3n) is 5.30. The molecular formula is C20H27N3O4. The average Bonchev–Trinajstić information content (AvgIpc) is 3.04. The lowest BCUT2D eigenvalue weighted by Crippen LogP contribution is -2.64. The molecule has 27 heavy (non-hydrogen) atoms.